The van der Waals surface area contributed by atoms with Crippen molar-refractivity contribution in [2.75, 3.05) is 13.7 Å². The second-order valence-electron chi connectivity index (χ2n) is 9.51. The molecule has 0 amide bonds. The van der Waals surface area contributed by atoms with Gasteiger partial charge in [-0.15, -0.1) is 10.2 Å². The monoisotopic (exact) mass is 495 g/mol. The number of benzene rings is 2. The van der Waals surface area contributed by atoms with Crippen molar-refractivity contribution in [1.29, 1.82) is 0 Å². The highest BCUT2D eigenvalue weighted by Crippen LogP contribution is 2.39. The predicted octanol–water partition coefficient (Wildman–Crippen LogP) is 5.12. The molecule has 0 saturated heterocycles. The molecule has 0 saturated carbocycles. The van der Waals surface area contributed by atoms with Crippen molar-refractivity contribution in [3.05, 3.63) is 72.1 Å². The molecule has 4 rings (SSSR count). The van der Waals surface area contributed by atoms with Crippen LogP contribution in [0.2, 0.25) is 0 Å². The molecule has 186 valence electrons. The van der Waals surface area contributed by atoms with Gasteiger partial charge in [0.25, 0.3) is 0 Å². The third-order valence-corrected chi connectivity index (χ3v) is 8.31. The summed E-state index contributed by atoms with van der Waals surface area (Å²) < 4.78 is 39.5. The lowest BCUT2D eigenvalue weighted by atomic mass is 9.70. The third-order valence-electron chi connectivity index (χ3n) is 6.87. The smallest absolute Gasteiger partial charge is 0.247 e. The van der Waals surface area contributed by atoms with Crippen LogP contribution in [0.1, 0.15) is 33.1 Å². The zero-order valence-electron chi connectivity index (χ0n) is 20.6. The van der Waals surface area contributed by atoms with Crippen LogP contribution < -0.4 is 9.46 Å². The van der Waals surface area contributed by atoms with Crippen molar-refractivity contribution in [2.45, 2.75) is 38.5 Å². The number of sulfonamides is 1. The second-order valence-corrected chi connectivity index (χ2v) is 11.3. The summed E-state index contributed by atoms with van der Waals surface area (Å²) in [6.07, 6.45) is 3.84. The molecular formula is C27H33N3O4S. The summed E-state index contributed by atoms with van der Waals surface area (Å²) >= 11 is 0. The number of ether oxygens (including phenoxy) is 1. The third kappa shape index (κ3) is 6.00. The molecule has 35 heavy (non-hydrogen) atoms. The Morgan fingerprint density at radius 2 is 1.80 bits per heavy atom. The Hall–Kier alpha value is -2.97. The van der Waals surface area contributed by atoms with E-state index in [1.807, 2.05) is 30.3 Å². The van der Waals surface area contributed by atoms with Gasteiger partial charge in [0.2, 0.25) is 21.8 Å². The van der Waals surface area contributed by atoms with Crippen LogP contribution >= 0.6 is 0 Å². The number of hydrogen-bond acceptors (Lipinski definition) is 6. The molecule has 1 heterocycles. The summed E-state index contributed by atoms with van der Waals surface area (Å²) in [4.78, 5) is 0.291. The van der Waals surface area contributed by atoms with Gasteiger partial charge in [0.1, 0.15) is 5.75 Å². The first-order valence-corrected chi connectivity index (χ1v) is 13.4. The number of hydrogen-bond donors (Lipinski definition) is 1. The van der Waals surface area contributed by atoms with E-state index >= 15 is 0 Å². The van der Waals surface area contributed by atoms with Crippen LogP contribution in [0.25, 0.3) is 11.5 Å². The molecule has 0 spiro atoms. The minimum Gasteiger partial charge on any atom is -0.497 e. The van der Waals surface area contributed by atoms with Crippen molar-refractivity contribution in [2.24, 2.45) is 23.7 Å². The van der Waals surface area contributed by atoms with Crippen molar-refractivity contribution < 1.29 is 17.6 Å². The molecule has 0 fully saturated rings. The fraction of sp³-hybridized carbons (Fsp3) is 0.407. The Kier molecular flexibility index (Phi) is 7.72. The summed E-state index contributed by atoms with van der Waals surface area (Å²) in [5, 5.41) is 8.52. The maximum Gasteiger partial charge on any atom is 0.247 e. The number of methoxy groups -OCH3 is 1. The Morgan fingerprint density at radius 3 is 2.46 bits per heavy atom. The molecule has 1 aliphatic rings. The van der Waals surface area contributed by atoms with E-state index in [9.17, 15) is 8.42 Å². The summed E-state index contributed by atoms with van der Waals surface area (Å²) in [6.45, 7) is 6.89. The number of rotatable bonds is 9. The van der Waals surface area contributed by atoms with Crippen LogP contribution in [0.15, 0.2) is 75.6 Å². The molecule has 3 aromatic rings. The normalized spacial score (nSPS) is 20.6. The molecule has 1 aliphatic carbocycles. The zero-order valence-corrected chi connectivity index (χ0v) is 21.5. The van der Waals surface area contributed by atoms with Gasteiger partial charge in [-0.25, -0.2) is 13.1 Å². The largest absolute Gasteiger partial charge is 0.497 e. The van der Waals surface area contributed by atoms with Crippen LogP contribution in [-0.4, -0.2) is 32.3 Å². The molecule has 2 aromatic carbocycles. The lowest BCUT2D eigenvalue weighted by Gasteiger charge is -2.37. The van der Waals surface area contributed by atoms with E-state index in [0.29, 0.717) is 41.5 Å². The minimum absolute atomic E-state index is 0.127. The maximum absolute atomic E-state index is 12.7. The molecule has 0 bridgehead atoms. The fourth-order valence-electron chi connectivity index (χ4n) is 4.79. The average Bonchev–Trinajstić information content (AvgIpc) is 3.33. The van der Waals surface area contributed by atoms with Gasteiger partial charge in [0.15, 0.2) is 0 Å². The van der Waals surface area contributed by atoms with Gasteiger partial charge in [-0.05, 0) is 73.4 Å². The first-order valence-electron chi connectivity index (χ1n) is 12.0. The Bertz CT molecular complexity index is 1250. The second kappa shape index (κ2) is 10.7. The average molecular weight is 496 g/mol. The van der Waals surface area contributed by atoms with Gasteiger partial charge in [0, 0.05) is 18.5 Å². The topological polar surface area (TPSA) is 94.3 Å². The molecule has 1 aromatic heterocycles. The Balaban J connectivity index is 1.45. The maximum atomic E-state index is 12.7. The van der Waals surface area contributed by atoms with Crippen LogP contribution in [0, 0.1) is 23.7 Å². The Labute approximate surface area is 207 Å². The van der Waals surface area contributed by atoms with Crippen LogP contribution in [0.3, 0.4) is 0 Å². The number of nitrogens with one attached hydrogen (secondary N) is 1. The standard InChI is InChI=1S/C27H33N3O4S/c1-18(2)25-15-21(16-26-29-30-27(34-26)20-10-12-23(33-4)13-11-20)19(3)14-22(25)17-28-35(31,32)24-8-6-5-7-9-24/h5-14,18,21-22,25,28H,15-17H2,1-4H3/t21-,22-,25-/m0/s1. The Morgan fingerprint density at radius 1 is 1.09 bits per heavy atom. The van der Waals surface area contributed by atoms with Gasteiger partial charge in [0.05, 0.1) is 12.0 Å². The molecule has 0 radical (unpaired) electrons. The molecule has 0 unspecified atom stereocenters. The van der Waals surface area contributed by atoms with Crippen molar-refractivity contribution in [3.63, 3.8) is 0 Å². The lowest BCUT2D eigenvalue weighted by Crippen LogP contribution is -2.37. The van der Waals surface area contributed by atoms with Crippen molar-refractivity contribution >= 4 is 10.0 Å². The highest BCUT2D eigenvalue weighted by atomic mass is 32.2. The quantitative estimate of drug-likeness (QED) is 0.414. The van der Waals surface area contributed by atoms with E-state index in [0.717, 1.165) is 17.7 Å². The summed E-state index contributed by atoms with van der Waals surface area (Å²) in [5.41, 5.74) is 2.08. The van der Waals surface area contributed by atoms with E-state index in [-0.39, 0.29) is 11.8 Å². The fourth-order valence-corrected chi connectivity index (χ4v) is 5.89. The highest BCUT2D eigenvalue weighted by molar-refractivity contribution is 7.89. The number of allylic oxidation sites excluding steroid dienone is 1. The molecule has 0 aliphatic heterocycles. The van der Waals surface area contributed by atoms with Gasteiger partial charge in [-0.1, -0.05) is 43.7 Å². The van der Waals surface area contributed by atoms with Crippen LogP contribution in [0.5, 0.6) is 5.75 Å². The SMILES string of the molecule is COc1ccc(-c2nnc(C[C@@H]3C[C@@H](C(C)C)[C@H](CNS(=O)(=O)c4ccccc4)C=C3C)o2)cc1. The van der Waals surface area contributed by atoms with Gasteiger partial charge in [-0.3, -0.25) is 0 Å². The van der Waals surface area contributed by atoms with E-state index < -0.39 is 10.0 Å². The van der Waals surface area contributed by atoms with Crippen LogP contribution in [-0.2, 0) is 16.4 Å². The first kappa shape index (κ1) is 25.1. The molecule has 3 atom stereocenters. The lowest BCUT2D eigenvalue weighted by molar-refractivity contribution is 0.223. The molecule has 7 nitrogen and oxygen atoms in total. The van der Waals surface area contributed by atoms with E-state index in [2.05, 4.69) is 41.8 Å². The summed E-state index contributed by atoms with van der Waals surface area (Å²) in [5.74, 6) is 3.03. The molecule has 8 heteroatoms. The summed E-state index contributed by atoms with van der Waals surface area (Å²) in [7, 11) is -1.90. The highest BCUT2D eigenvalue weighted by Gasteiger charge is 2.33. The van der Waals surface area contributed by atoms with Crippen LogP contribution in [0.4, 0.5) is 0 Å². The molecular weight excluding hydrogens is 462 g/mol. The molecule has 1 N–H and O–H groups in total. The summed E-state index contributed by atoms with van der Waals surface area (Å²) in [6, 6.07) is 16.0. The van der Waals surface area contributed by atoms with E-state index in [1.165, 1.54) is 5.57 Å². The first-order chi connectivity index (χ1) is 16.8. The van der Waals surface area contributed by atoms with E-state index in [1.54, 1.807) is 31.4 Å². The van der Waals surface area contributed by atoms with Crippen molar-refractivity contribution in [1.82, 2.24) is 14.9 Å². The van der Waals surface area contributed by atoms with Gasteiger partial charge in [-0.2, -0.15) is 0 Å². The zero-order chi connectivity index (χ0) is 25.0. The van der Waals surface area contributed by atoms with Gasteiger partial charge < -0.3 is 9.15 Å². The van der Waals surface area contributed by atoms with Gasteiger partial charge >= 0.3 is 0 Å². The van der Waals surface area contributed by atoms with Crippen molar-refractivity contribution in [3.8, 4) is 17.2 Å². The number of nitrogens with zero attached hydrogens (tertiary/aromatic N) is 2. The minimum atomic E-state index is -3.54. The predicted molar refractivity (Wildman–Crippen MR) is 135 cm³/mol. The number of aromatic nitrogens is 2. The van der Waals surface area contributed by atoms with E-state index in [4.69, 9.17) is 9.15 Å².